The van der Waals surface area contributed by atoms with Gasteiger partial charge in [-0.1, -0.05) is 20.8 Å². The first-order valence-electron chi connectivity index (χ1n) is 4.61. The van der Waals surface area contributed by atoms with Crippen molar-refractivity contribution in [2.45, 2.75) is 33.5 Å². The highest BCUT2D eigenvalue weighted by Gasteiger charge is 2.28. The molecule has 0 amide bonds. The van der Waals surface area contributed by atoms with Crippen LogP contribution in [-0.4, -0.2) is 23.8 Å². The van der Waals surface area contributed by atoms with Gasteiger partial charge in [0.25, 0.3) is 0 Å². The molecule has 0 aromatic carbocycles. The average Bonchev–Trinajstić information content (AvgIpc) is 2.51. The molecule has 78 valence electrons. The van der Waals surface area contributed by atoms with Crippen LogP contribution in [0, 0.1) is 5.41 Å². The molecule has 0 N–H and O–H groups in total. The van der Waals surface area contributed by atoms with E-state index >= 15 is 0 Å². The fourth-order valence-corrected chi connectivity index (χ4v) is 1.94. The molecule has 14 heavy (non-hydrogen) atoms. The summed E-state index contributed by atoms with van der Waals surface area (Å²) in [5.74, 6) is -0.721. The Kier molecular flexibility index (Phi) is 3.38. The third-order valence-electron chi connectivity index (χ3n) is 1.67. The Balaban J connectivity index is 2.69. The van der Waals surface area contributed by atoms with Crippen molar-refractivity contribution in [1.29, 1.82) is 0 Å². The Morgan fingerprint density at radius 1 is 1.57 bits per heavy atom. The van der Waals surface area contributed by atoms with Crippen LogP contribution in [0.2, 0.25) is 0 Å². The van der Waals surface area contributed by atoms with Crippen molar-refractivity contribution in [2.75, 3.05) is 6.61 Å². The number of rotatable bonds is 2. The fourth-order valence-electron chi connectivity index (χ4n) is 0.937. The Morgan fingerprint density at radius 3 is 2.64 bits per heavy atom. The van der Waals surface area contributed by atoms with Gasteiger partial charge >= 0.3 is 5.97 Å². The second-order valence-corrected chi connectivity index (χ2v) is 5.21. The van der Waals surface area contributed by atoms with Gasteiger partial charge in [-0.25, -0.2) is 4.79 Å². The SMILES string of the molecule is CCOC(=O)C1N=NC(C(C)(C)C)=P1. The van der Waals surface area contributed by atoms with Crippen LogP contribution in [0.15, 0.2) is 10.2 Å². The van der Waals surface area contributed by atoms with Gasteiger partial charge in [-0.15, -0.1) is 0 Å². The number of azo groups is 1. The molecular weight excluding hydrogens is 199 g/mol. The minimum absolute atomic E-state index is 0.0215. The third-order valence-corrected chi connectivity index (χ3v) is 3.24. The second-order valence-electron chi connectivity index (χ2n) is 4.04. The predicted octanol–water partition coefficient (Wildman–Crippen LogP) is 2.46. The van der Waals surface area contributed by atoms with E-state index in [1.807, 2.05) is 0 Å². The zero-order valence-electron chi connectivity index (χ0n) is 8.94. The molecule has 1 rings (SSSR count). The van der Waals surface area contributed by atoms with Crippen molar-refractivity contribution in [3.8, 4) is 0 Å². The fraction of sp³-hybridized carbons (Fsp3) is 0.778. The summed E-state index contributed by atoms with van der Waals surface area (Å²) in [4.78, 5) is 11.3. The van der Waals surface area contributed by atoms with Crippen LogP contribution in [0.1, 0.15) is 27.7 Å². The van der Waals surface area contributed by atoms with E-state index in [4.69, 9.17) is 4.74 Å². The molecule has 1 heterocycles. The number of carbonyl (C=O) groups excluding carboxylic acids is 1. The van der Waals surface area contributed by atoms with E-state index in [0.29, 0.717) is 6.61 Å². The van der Waals surface area contributed by atoms with Gasteiger partial charge in [0.05, 0.1) is 12.0 Å². The maximum absolute atomic E-state index is 11.3. The highest BCUT2D eigenvalue weighted by atomic mass is 31.1. The molecule has 0 saturated heterocycles. The lowest BCUT2D eigenvalue weighted by Gasteiger charge is -2.14. The van der Waals surface area contributed by atoms with Gasteiger partial charge in [0.2, 0.25) is 5.78 Å². The normalized spacial score (nSPS) is 22.0. The first-order valence-corrected chi connectivity index (χ1v) is 5.57. The predicted molar refractivity (Wildman–Crippen MR) is 56.7 cm³/mol. The Labute approximate surface area is 85.5 Å². The van der Waals surface area contributed by atoms with E-state index in [-0.39, 0.29) is 11.4 Å². The number of carbonyl (C=O) groups is 1. The van der Waals surface area contributed by atoms with Crippen molar-refractivity contribution < 1.29 is 9.53 Å². The highest BCUT2D eigenvalue weighted by Crippen LogP contribution is 2.31. The minimum Gasteiger partial charge on any atom is -0.464 e. The molecule has 0 aromatic heterocycles. The van der Waals surface area contributed by atoms with Gasteiger partial charge < -0.3 is 4.74 Å². The third kappa shape index (κ3) is 2.61. The molecule has 1 unspecified atom stereocenters. The summed E-state index contributed by atoms with van der Waals surface area (Å²) in [6.07, 6.45) is 0. The molecule has 0 aromatic rings. The summed E-state index contributed by atoms with van der Waals surface area (Å²) in [5, 5.41) is 7.92. The number of nitrogens with zero attached hydrogens (tertiary/aromatic N) is 2. The number of hydrogen-bond donors (Lipinski definition) is 0. The number of ether oxygens (including phenoxy) is 1. The maximum atomic E-state index is 11.3. The van der Waals surface area contributed by atoms with Crippen molar-refractivity contribution in [2.24, 2.45) is 15.6 Å². The first-order chi connectivity index (χ1) is 6.45. The van der Waals surface area contributed by atoms with Crippen molar-refractivity contribution >= 4 is 19.6 Å². The summed E-state index contributed by atoms with van der Waals surface area (Å²) in [7, 11) is 0.858. The zero-order valence-corrected chi connectivity index (χ0v) is 9.84. The minimum atomic E-state index is -0.441. The molecular formula is C9H15N2O2P. The van der Waals surface area contributed by atoms with Gasteiger partial charge in [0.15, 0.2) is 0 Å². The van der Waals surface area contributed by atoms with Crippen molar-refractivity contribution in [3.63, 3.8) is 0 Å². The lowest BCUT2D eigenvalue weighted by Crippen LogP contribution is -2.16. The second kappa shape index (κ2) is 4.18. The van der Waals surface area contributed by atoms with E-state index in [0.717, 1.165) is 13.6 Å². The molecule has 0 fully saturated rings. The van der Waals surface area contributed by atoms with Gasteiger partial charge in [0, 0.05) is 5.41 Å². The van der Waals surface area contributed by atoms with E-state index < -0.39 is 5.78 Å². The van der Waals surface area contributed by atoms with Crippen LogP contribution in [0.4, 0.5) is 0 Å². The Hall–Kier alpha value is -0.760. The summed E-state index contributed by atoms with van der Waals surface area (Å²) < 4.78 is 4.87. The molecule has 0 saturated carbocycles. The van der Waals surface area contributed by atoms with Crippen LogP contribution < -0.4 is 0 Å². The Bertz CT molecular complexity index is 292. The number of hydrogen-bond acceptors (Lipinski definition) is 4. The van der Waals surface area contributed by atoms with E-state index in [9.17, 15) is 4.79 Å². The maximum Gasteiger partial charge on any atom is 0.341 e. The highest BCUT2D eigenvalue weighted by molar-refractivity contribution is 7.43. The molecule has 0 aliphatic carbocycles. The standard InChI is InChI=1S/C9H15N2O2P/c1-5-13-7(12)6-10-11-8(14-6)9(2,3)4/h6H,5H2,1-4H3. The number of esters is 1. The van der Waals surface area contributed by atoms with Crippen LogP contribution in [0.25, 0.3) is 0 Å². The van der Waals surface area contributed by atoms with Gasteiger partial charge in [0.1, 0.15) is 0 Å². The van der Waals surface area contributed by atoms with E-state index in [2.05, 4.69) is 31.0 Å². The molecule has 0 bridgehead atoms. The summed E-state index contributed by atoms with van der Waals surface area (Å²) in [6, 6.07) is 0. The van der Waals surface area contributed by atoms with Crippen LogP contribution in [0.3, 0.4) is 0 Å². The van der Waals surface area contributed by atoms with E-state index in [1.54, 1.807) is 6.92 Å². The monoisotopic (exact) mass is 214 g/mol. The largest absolute Gasteiger partial charge is 0.464 e. The Morgan fingerprint density at radius 2 is 2.21 bits per heavy atom. The van der Waals surface area contributed by atoms with Crippen LogP contribution in [-0.2, 0) is 9.53 Å². The lowest BCUT2D eigenvalue weighted by atomic mass is 9.97. The summed E-state index contributed by atoms with van der Waals surface area (Å²) in [5.41, 5.74) is 0.919. The van der Waals surface area contributed by atoms with Crippen molar-refractivity contribution in [3.05, 3.63) is 0 Å². The lowest BCUT2D eigenvalue weighted by molar-refractivity contribution is -0.142. The summed E-state index contributed by atoms with van der Waals surface area (Å²) >= 11 is 0. The van der Waals surface area contributed by atoms with Gasteiger partial charge in [-0.05, 0) is 15.1 Å². The first kappa shape index (κ1) is 11.3. The van der Waals surface area contributed by atoms with E-state index in [1.165, 1.54) is 0 Å². The average molecular weight is 214 g/mol. The molecule has 0 spiro atoms. The molecule has 1 aliphatic heterocycles. The molecule has 4 nitrogen and oxygen atoms in total. The molecule has 5 heteroatoms. The molecule has 1 atom stereocenters. The zero-order chi connectivity index (χ0) is 10.8. The topological polar surface area (TPSA) is 51.0 Å². The van der Waals surface area contributed by atoms with Crippen molar-refractivity contribution in [1.82, 2.24) is 0 Å². The molecule has 1 aliphatic rings. The van der Waals surface area contributed by atoms with Gasteiger partial charge in [-0.2, -0.15) is 10.2 Å². The van der Waals surface area contributed by atoms with Crippen LogP contribution >= 0.6 is 8.20 Å². The quantitative estimate of drug-likeness (QED) is 0.523. The smallest absolute Gasteiger partial charge is 0.341 e. The summed E-state index contributed by atoms with van der Waals surface area (Å²) in [6.45, 7) is 8.35. The van der Waals surface area contributed by atoms with Gasteiger partial charge in [-0.3, -0.25) is 0 Å². The molecule has 0 radical (unpaired) electrons. The van der Waals surface area contributed by atoms with Crippen LogP contribution in [0.5, 0.6) is 0 Å².